The zero-order valence-corrected chi connectivity index (χ0v) is 51.6. The number of unbranched alkanes of at least 4 members (excludes halogenated alkanes) is 2. The Labute approximate surface area is 493 Å². The lowest BCUT2D eigenvalue weighted by molar-refractivity contribution is -0.143. The summed E-state index contributed by atoms with van der Waals surface area (Å²) < 4.78 is 39.4. The van der Waals surface area contributed by atoms with E-state index in [2.05, 4.69) is 35.3 Å². The molecule has 4 N–H and O–H groups in total. The van der Waals surface area contributed by atoms with E-state index in [1.54, 1.807) is 45.4 Å². The highest BCUT2D eigenvalue weighted by atomic mass is 32.2. The van der Waals surface area contributed by atoms with Gasteiger partial charge in [0, 0.05) is 64.3 Å². The van der Waals surface area contributed by atoms with Crippen molar-refractivity contribution in [2.45, 2.75) is 174 Å². The van der Waals surface area contributed by atoms with Crippen LogP contribution in [0.15, 0.2) is 72.8 Å². The molecular weight excluding hydrogens is 1080 g/mol. The molecule has 19 nitrogen and oxygen atoms in total. The molecule has 7 amide bonds. The van der Waals surface area contributed by atoms with Gasteiger partial charge in [-0.05, 0) is 106 Å². The van der Waals surface area contributed by atoms with Gasteiger partial charge in [0.05, 0.1) is 54.2 Å². The number of nitrogens with one attached hydrogen (secondary N) is 4. The van der Waals surface area contributed by atoms with Crippen molar-refractivity contribution in [3.63, 3.8) is 0 Å². The highest BCUT2D eigenvalue weighted by Crippen LogP contribution is 2.47. The number of carbonyl (C=O) groups is 8. The molecule has 11 unspecified atom stereocenters. The van der Waals surface area contributed by atoms with Crippen molar-refractivity contribution in [1.82, 2.24) is 36.2 Å². The number of carbonyl (C=O) groups excluding carboxylic acids is 8. The van der Waals surface area contributed by atoms with Crippen LogP contribution in [-0.2, 0) is 69.8 Å². The van der Waals surface area contributed by atoms with E-state index in [1.165, 1.54) is 12.2 Å². The van der Waals surface area contributed by atoms with E-state index in [9.17, 15) is 46.8 Å². The Bertz CT molecular complexity index is 2600. The van der Waals surface area contributed by atoms with Crippen LogP contribution in [-0.4, -0.2) is 153 Å². The van der Waals surface area contributed by atoms with Crippen molar-refractivity contribution >= 4 is 57.0 Å². The molecule has 11 atom stereocenters. The molecule has 2 fully saturated rings. The van der Waals surface area contributed by atoms with Crippen LogP contribution in [0.2, 0.25) is 0 Å². The van der Waals surface area contributed by atoms with Gasteiger partial charge in [0.1, 0.15) is 0 Å². The number of likely N-dealkylation sites (tertiary alicyclic amines) is 1. The third-order valence-corrected chi connectivity index (χ3v) is 18.7. The second-order valence-corrected chi connectivity index (χ2v) is 26.2. The number of ether oxygens (including phenoxy) is 2. The first-order chi connectivity index (χ1) is 39.5. The molecule has 0 radical (unpaired) electrons. The minimum atomic E-state index is -3.63. The number of benzene rings is 2. The minimum absolute atomic E-state index is 0.00773. The summed E-state index contributed by atoms with van der Waals surface area (Å²) in [7, 11) is 1.36. The number of hydrazine groups is 1. The van der Waals surface area contributed by atoms with Crippen LogP contribution in [0.25, 0.3) is 0 Å². The van der Waals surface area contributed by atoms with E-state index in [4.69, 9.17) is 9.47 Å². The number of imide groups is 1. The fourth-order valence-electron chi connectivity index (χ4n) is 12.1. The maximum Gasteiger partial charge on any atom is 0.253 e. The highest BCUT2D eigenvalue weighted by molar-refractivity contribution is 7.90. The summed E-state index contributed by atoms with van der Waals surface area (Å²) in [5.41, 5.74) is 6.45. The van der Waals surface area contributed by atoms with E-state index < -0.39 is 52.1 Å². The van der Waals surface area contributed by atoms with Gasteiger partial charge in [-0.2, -0.15) is 0 Å². The monoisotopic (exact) mass is 1170 g/mol. The summed E-state index contributed by atoms with van der Waals surface area (Å²) in [5.74, 6) is -3.65. The van der Waals surface area contributed by atoms with Crippen LogP contribution in [0, 0.1) is 41.4 Å². The number of ketones is 1. The van der Waals surface area contributed by atoms with E-state index in [1.807, 2.05) is 80.9 Å². The number of nitrogens with zero attached hydrogens (tertiary/aromatic N) is 3. The standard InChI is InChI=1S/C63H95N7O12S/c1-11-43(6)49(52(81-9)38-57(75)69-34-21-27-51(69)61(82-10)44(7)62(77)64-48(35-45-23-15-12-16-24-45)40-83(79,80)39-46-25-17-13-18-26-46)36-47-37-50(47)60(76)58(41(2)3)65-63(78)59(42(4)5)68(8)32-22-29-54(72)67-66-53(71)28-19-14-20-33-70-55(73)30-31-56(70)74/h12-13,15-18,23-26,30-31,41-44,47-52,58-59,61H,11,14,19-22,27-29,32-40H2,1-10H3,(H,64,77)(H,65,78)(H,66,71)(H,67,72). The Kier molecular flexibility index (Phi) is 27.0. The predicted octanol–water partition coefficient (Wildman–Crippen LogP) is 6.14. The average molecular weight is 1170 g/mol. The summed E-state index contributed by atoms with van der Waals surface area (Å²) in [6, 6.07) is 16.0. The Hall–Kier alpha value is -5.83. The number of rotatable bonds is 36. The third kappa shape index (κ3) is 20.7. The SMILES string of the molecule is CCC(C)C(CC1CC1C(=O)C(NC(=O)C(C(C)C)N(C)CCCC(=O)NNC(=O)CCCCCN1C(=O)C=CC1=O)C(C)C)C(CC(=O)N1CCCC1C(OC)C(C)C(=O)NC(Cc1ccccc1)CS(=O)(=O)Cc1ccccc1)OC. The fraction of sp³-hybridized carbons (Fsp3) is 0.651. The summed E-state index contributed by atoms with van der Waals surface area (Å²) in [6.07, 6.45) is 7.71. The van der Waals surface area contributed by atoms with Crippen LogP contribution >= 0.6 is 0 Å². The average Bonchev–Trinajstić information content (AvgIpc) is 4.19. The molecule has 2 aromatic carbocycles. The maximum absolute atomic E-state index is 14.5. The van der Waals surface area contributed by atoms with E-state index >= 15 is 0 Å². The van der Waals surface area contributed by atoms with E-state index in [0.29, 0.717) is 76.6 Å². The number of likely N-dealkylation sites (N-methyl/N-ethyl adjacent to an activating group) is 1. The van der Waals surface area contributed by atoms with Gasteiger partial charge in [0.2, 0.25) is 29.5 Å². The Morgan fingerprint density at radius 3 is 1.95 bits per heavy atom. The van der Waals surface area contributed by atoms with Crippen molar-refractivity contribution in [3.8, 4) is 0 Å². The molecule has 83 heavy (non-hydrogen) atoms. The van der Waals surface area contributed by atoms with Crippen LogP contribution in [0.4, 0.5) is 0 Å². The molecule has 2 aliphatic heterocycles. The Morgan fingerprint density at radius 2 is 1.37 bits per heavy atom. The lowest BCUT2D eigenvalue weighted by Gasteiger charge is -2.36. The van der Waals surface area contributed by atoms with Crippen molar-refractivity contribution in [1.29, 1.82) is 0 Å². The zero-order valence-electron chi connectivity index (χ0n) is 50.8. The lowest BCUT2D eigenvalue weighted by Crippen LogP contribution is -2.54. The molecule has 2 heterocycles. The van der Waals surface area contributed by atoms with Crippen molar-refractivity contribution in [3.05, 3.63) is 83.9 Å². The third-order valence-electron chi connectivity index (χ3n) is 17.0. The quantitative estimate of drug-likeness (QED) is 0.0341. The van der Waals surface area contributed by atoms with Gasteiger partial charge in [0.15, 0.2) is 15.6 Å². The summed E-state index contributed by atoms with van der Waals surface area (Å²) in [4.78, 5) is 110. The molecule has 1 aliphatic carbocycles. The topological polar surface area (TPSA) is 247 Å². The van der Waals surface area contributed by atoms with Crippen molar-refractivity contribution < 1.29 is 56.2 Å². The number of amides is 7. The van der Waals surface area contributed by atoms with E-state index in [0.717, 1.165) is 23.3 Å². The van der Waals surface area contributed by atoms with Gasteiger partial charge in [-0.25, -0.2) is 8.42 Å². The van der Waals surface area contributed by atoms with E-state index in [-0.39, 0.29) is 113 Å². The molecule has 1 saturated heterocycles. The smallest absolute Gasteiger partial charge is 0.253 e. The number of hydrogen-bond donors (Lipinski definition) is 4. The summed E-state index contributed by atoms with van der Waals surface area (Å²) >= 11 is 0. The van der Waals surface area contributed by atoms with Gasteiger partial charge >= 0.3 is 0 Å². The number of sulfone groups is 1. The van der Waals surface area contributed by atoms with Crippen LogP contribution in [0.5, 0.6) is 0 Å². The first kappa shape index (κ1) is 68.0. The summed E-state index contributed by atoms with van der Waals surface area (Å²) in [6.45, 7) is 14.9. The maximum atomic E-state index is 14.5. The predicted molar refractivity (Wildman–Crippen MR) is 318 cm³/mol. The molecule has 5 rings (SSSR count). The Morgan fingerprint density at radius 1 is 0.759 bits per heavy atom. The van der Waals surface area contributed by atoms with Crippen LogP contribution < -0.4 is 21.5 Å². The largest absolute Gasteiger partial charge is 0.381 e. The molecule has 460 valence electrons. The lowest BCUT2D eigenvalue weighted by atomic mass is 9.80. The second-order valence-electron chi connectivity index (χ2n) is 24.1. The van der Waals surface area contributed by atoms with Crippen molar-refractivity contribution in [2.24, 2.45) is 41.4 Å². The van der Waals surface area contributed by atoms with Gasteiger partial charge in [-0.15, -0.1) is 0 Å². The van der Waals surface area contributed by atoms with Gasteiger partial charge in [-0.1, -0.05) is 122 Å². The molecule has 0 spiro atoms. The molecule has 20 heteroatoms. The molecule has 0 aromatic heterocycles. The van der Waals surface area contributed by atoms with Crippen LogP contribution in [0.1, 0.15) is 137 Å². The Balaban J connectivity index is 1.12. The minimum Gasteiger partial charge on any atom is -0.381 e. The number of methoxy groups -OCH3 is 2. The fourth-order valence-corrected chi connectivity index (χ4v) is 13.8. The molecule has 1 saturated carbocycles. The van der Waals surface area contributed by atoms with Gasteiger partial charge in [0.25, 0.3) is 11.8 Å². The molecule has 3 aliphatic rings. The first-order valence-electron chi connectivity index (χ1n) is 30.1. The van der Waals surface area contributed by atoms with Crippen molar-refractivity contribution in [2.75, 3.05) is 46.7 Å². The highest BCUT2D eigenvalue weighted by Gasteiger charge is 2.49. The molecule has 0 bridgehead atoms. The zero-order chi connectivity index (χ0) is 61.0. The second kappa shape index (κ2) is 33.0. The molecular formula is C63H95N7O12S. The van der Waals surface area contributed by atoms with Crippen LogP contribution in [0.3, 0.4) is 0 Å². The number of Topliss-reactive ketones (excluding diaryl/α,β-unsaturated/α-hetero) is 1. The normalized spacial score (nSPS) is 19.9. The number of hydrogen-bond acceptors (Lipinski definition) is 13. The first-order valence-corrected chi connectivity index (χ1v) is 31.9. The van der Waals surface area contributed by atoms with Gasteiger partial charge < -0.3 is 25.0 Å². The summed E-state index contributed by atoms with van der Waals surface area (Å²) in [5, 5.41) is 6.18. The van der Waals surface area contributed by atoms with Gasteiger partial charge in [-0.3, -0.25) is 59.0 Å². The molecule has 2 aromatic rings.